The van der Waals surface area contributed by atoms with E-state index in [4.69, 9.17) is 5.73 Å². The molecule has 2 nitrogen and oxygen atoms in total. The van der Waals surface area contributed by atoms with E-state index in [0.29, 0.717) is 12.1 Å². The smallest absolute Gasteiger partial charge is 0.0194 e. The second-order valence-corrected chi connectivity index (χ2v) is 5.25. The van der Waals surface area contributed by atoms with Gasteiger partial charge in [0.15, 0.2) is 0 Å². The molecular formula is C12H24N2. The summed E-state index contributed by atoms with van der Waals surface area (Å²) in [7, 11) is 0. The van der Waals surface area contributed by atoms with Crippen LogP contribution in [0, 0.1) is 11.8 Å². The van der Waals surface area contributed by atoms with Gasteiger partial charge < -0.3 is 11.1 Å². The molecule has 0 radical (unpaired) electrons. The first-order valence-electron chi connectivity index (χ1n) is 6.26. The number of nitrogens with two attached hydrogens (primary N) is 1. The van der Waals surface area contributed by atoms with Gasteiger partial charge >= 0.3 is 0 Å². The average molecular weight is 196 g/mol. The molecule has 2 aliphatic rings. The first kappa shape index (κ1) is 10.4. The topological polar surface area (TPSA) is 38.0 Å². The minimum Gasteiger partial charge on any atom is -0.326 e. The predicted octanol–water partition coefficient (Wildman–Crippen LogP) is 1.89. The lowest BCUT2D eigenvalue weighted by Gasteiger charge is -2.38. The zero-order valence-electron chi connectivity index (χ0n) is 9.34. The molecule has 0 aromatic heterocycles. The van der Waals surface area contributed by atoms with Gasteiger partial charge in [0.25, 0.3) is 0 Å². The lowest BCUT2D eigenvalue weighted by Crippen LogP contribution is -2.52. The van der Waals surface area contributed by atoms with Gasteiger partial charge in [-0.05, 0) is 31.7 Å². The molecule has 2 rings (SSSR count). The zero-order chi connectivity index (χ0) is 9.97. The fraction of sp³-hybridized carbons (Fsp3) is 1.00. The van der Waals surface area contributed by atoms with E-state index in [1.807, 2.05) is 0 Å². The van der Waals surface area contributed by atoms with Crippen LogP contribution in [-0.4, -0.2) is 18.6 Å². The second kappa shape index (κ2) is 4.63. The summed E-state index contributed by atoms with van der Waals surface area (Å²) in [6.45, 7) is 3.42. The molecule has 2 fully saturated rings. The number of hydrogen-bond acceptors (Lipinski definition) is 2. The monoisotopic (exact) mass is 196 g/mol. The van der Waals surface area contributed by atoms with Crippen LogP contribution in [0.3, 0.4) is 0 Å². The molecule has 0 bridgehead atoms. The lowest BCUT2D eigenvalue weighted by molar-refractivity contribution is 0.176. The van der Waals surface area contributed by atoms with Crippen LogP contribution in [0.15, 0.2) is 0 Å². The molecule has 82 valence electrons. The normalized spacial score (nSPS) is 41.1. The molecule has 14 heavy (non-hydrogen) atoms. The minimum atomic E-state index is 0.385. The maximum atomic E-state index is 6.11. The van der Waals surface area contributed by atoms with Crippen LogP contribution in [0.5, 0.6) is 0 Å². The van der Waals surface area contributed by atoms with Crippen LogP contribution in [-0.2, 0) is 0 Å². The molecule has 3 unspecified atom stereocenters. The first-order valence-corrected chi connectivity index (χ1v) is 6.26. The van der Waals surface area contributed by atoms with Crippen LogP contribution in [0.2, 0.25) is 0 Å². The molecule has 1 aliphatic heterocycles. The maximum Gasteiger partial charge on any atom is 0.0194 e. The quantitative estimate of drug-likeness (QED) is 0.672. The Kier molecular flexibility index (Phi) is 3.45. The van der Waals surface area contributed by atoms with Crippen molar-refractivity contribution < 1.29 is 0 Å². The van der Waals surface area contributed by atoms with E-state index in [9.17, 15) is 0 Å². The highest BCUT2D eigenvalue weighted by Crippen LogP contribution is 2.33. The van der Waals surface area contributed by atoms with E-state index in [-0.39, 0.29) is 0 Å². The molecule has 0 aromatic rings. The van der Waals surface area contributed by atoms with E-state index < -0.39 is 0 Å². The molecule has 0 amide bonds. The predicted molar refractivity (Wildman–Crippen MR) is 60.1 cm³/mol. The van der Waals surface area contributed by atoms with Crippen molar-refractivity contribution in [3.05, 3.63) is 0 Å². The first-order chi connectivity index (χ1) is 6.77. The van der Waals surface area contributed by atoms with Crippen molar-refractivity contribution >= 4 is 0 Å². The third-order valence-electron chi connectivity index (χ3n) is 4.24. The molecular weight excluding hydrogens is 172 g/mol. The molecule has 1 saturated heterocycles. The van der Waals surface area contributed by atoms with Crippen molar-refractivity contribution in [1.29, 1.82) is 0 Å². The van der Waals surface area contributed by atoms with E-state index >= 15 is 0 Å². The molecule has 1 saturated carbocycles. The van der Waals surface area contributed by atoms with Crippen molar-refractivity contribution in [2.24, 2.45) is 17.6 Å². The average Bonchev–Trinajstić information content (AvgIpc) is 2.23. The Hall–Kier alpha value is -0.0800. The Morgan fingerprint density at radius 3 is 2.43 bits per heavy atom. The van der Waals surface area contributed by atoms with Crippen molar-refractivity contribution in [3.63, 3.8) is 0 Å². The third kappa shape index (κ3) is 2.29. The van der Waals surface area contributed by atoms with Gasteiger partial charge in [0.2, 0.25) is 0 Å². The van der Waals surface area contributed by atoms with Crippen LogP contribution < -0.4 is 11.1 Å². The summed E-state index contributed by atoms with van der Waals surface area (Å²) in [5.74, 6) is 1.83. The Labute approximate surface area is 87.6 Å². The highest BCUT2D eigenvalue weighted by molar-refractivity contribution is 4.88. The summed E-state index contributed by atoms with van der Waals surface area (Å²) in [6, 6.07) is 0.908. The molecule has 0 aromatic carbocycles. The number of hydrogen-bond donors (Lipinski definition) is 2. The number of rotatable bonds is 1. The lowest BCUT2D eigenvalue weighted by atomic mass is 9.75. The van der Waals surface area contributed by atoms with Crippen molar-refractivity contribution in [2.45, 2.75) is 57.5 Å². The number of nitrogens with one attached hydrogen (secondary N) is 1. The summed E-state index contributed by atoms with van der Waals surface area (Å²) in [4.78, 5) is 0. The molecule has 1 aliphatic carbocycles. The van der Waals surface area contributed by atoms with Gasteiger partial charge in [-0.2, -0.15) is 0 Å². The molecule has 3 atom stereocenters. The maximum absolute atomic E-state index is 6.11. The van der Waals surface area contributed by atoms with Gasteiger partial charge in [-0.15, -0.1) is 0 Å². The van der Waals surface area contributed by atoms with E-state index in [0.717, 1.165) is 11.8 Å². The highest BCUT2D eigenvalue weighted by atomic mass is 15.0. The SMILES string of the molecule is CC1NCC(C2CCCCC2)CC1N. The Morgan fingerprint density at radius 1 is 1.07 bits per heavy atom. The fourth-order valence-electron chi connectivity index (χ4n) is 3.09. The second-order valence-electron chi connectivity index (χ2n) is 5.25. The van der Waals surface area contributed by atoms with Crippen LogP contribution in [0.1, 0.15) is 45.4 Å². The van der Waals surface area contributed by atoms with Crippen molar-refractivity contribution in [3.8, 4) is 0 Å². The van der Waals surface area contributed by atoms with Gasteiger partial charge in [0.05, 0.1) is 0 Å². The summed E-state index contributed by atoms with van der Waals surface area (Å²) in [6.07, 6.45) is 8.51. The molecule has 3 N–H and O–H groups in total. The van der Waals surface area contributed by atoms with Gasteiger partial charge in [-0.1, -0.05) is 32.1 Å². The summed E-state index contributed by atoms with van der Waals surface area (Å²) in [5, 5.41) is 3.55. The van der Waals surface area contributed by atoms with E-state index in [1.54, 1.807) is 0 Å². The van der Waals surface area contributed by atoms with Gasteiger partial charge in [-0.25, -0.2) is 0 Å². The van der Waals surface area contributed by atoms with Gasteiger partial charge in [-0.3, -0.25) is 0 Å². The molecule has 1 heterocycles. The Morgan fingerprint density at radius 2 is 1.79 bits per heavy atom. The fourth-order valence-corrected chi connectivity index (χ4v) is 3.09. The van der Waals surface area contributed by atoms with Gasteiger partial charge in [0.1, 0.15) is 0 Å². The summed E-state index contributed by atoms with van der Waals surface area (Å²) >= 11 is 0. The Balaban J connectivity index is 1.85. The van der Waals surface area contributed by atoms with Crippen molar-refractivity contribution in [2.75, 3.05) is 6.54 Å². The van der Waals surface area contributed by atoms with Crippen LogP contribution >= 0.6 is 0 Å². The van der Waals surface area contributed by atoms with E-state index in [1.165, 1.54) is 45.1 Å². The Bertz CT molecular complexity index is 175. The summed E-state index contributed by atoms with van der Waals surface area (Å²) < 4.78 is 0. The standard InChI is InChI=1S/C12H24N2/c1-9-12(13)7-11(8-14-9)10-5-3-2-4-6-10/h9-12,14H,2-8,13H2,1H3. The summed E-state index contributed by atoms with van der Waals surface area (Å²) in [5.41, 5.74) is 6.11. The minimum absolute atomic E-state index is 0.385. The zero-order valence-corrected chi connectivity index (χ0v) is 9.34. The largest absolute Gasteiger partial charge is 0.326 e. The van der Waals surface area contributed by atoms with Gasteiger partial charge in [0, 0.05) is 12.1 Å². The third-order valence-corrected chi connectivity index (χ3v) is 4.24. The molecule has 2 heteroatoms. The van der Waals surface area contributed by atoms with Crippen molar-refractivity contribution in [1.82, 2.24) is 5.32 Å². The highest BCUT2D eigenvalue weighted by Gasteiger charge is 2.30. The van der Waals surface area contributed by atoms with Crippen LogP contribution in [0.25, 0.3) is 0 Å². The number of piperidine rings is 1. The molecule has 0 spiro atoms. The van der Waals surface area contributed by atoms with E-state index in [2.05, 4.69) is 12.2 Å². The van der Waals surface area contributed by atoms with Crippen LogP contribution in [0.4, 0.5) is 0 Å².